The summed E-state index contributed by atoms with van der Waals surface area (Å²) in [5.74, 6) is -1.04. The summed E-state index contributed by atoms with van der Waals surface area (Å²) in [6.07, 6.45) is 1.50. The topological polar surface area (TPSA) is 78.4 Å². The third-order valence-corrected chi connectivity index (χ3v) is 2.58. The largest absolute Gasteiger partial charge is 0.481 e. The highest BCUT2D eigenvalue weighted by molar-refractivity contribution is 5.86. The van der Waals surface area contributed by atoms with Crippen molar-refractivity contribution in [1.29, 1.82) is 0 Å². The highest BCUT2D eigenvalue weighted by atomic mass is 16.4. The molecule has 5 heteroatoms. The first kappa shape index (κ1) is 15.9. The summed E-state index contributed by atoms with van der Waals surface area (Å²) >= 11 is 0. The van der Waals surface area contributed by atoms with Crippen molar-refractivity contribution < 1.29 is 14.7 Å². The van der Waals surface area contributed by atoms with Gasteiger partial charge in [0, 0.05) is 6.04 Å². The lowest BCUT2D eigenvalue weighted by Crippen LogP contribution is -2.55. The number of likely N-dealkylation sites (N-methyl/N-ethyl adjacent to an activating group) is 1. The van der Waals surface area contributed by atoms with E-state index in [-0.39, 0.29) is 18.4 Å². The van der Waals surface area contributed by atoms with Crippen molar-refractivity contribution in [2.75, 3.05) is 6.54 Å². The molecule has 0 radical (unpaired) electrons. The Hall–Kier alpha value is -1.10. The molecule has 0 aromatic rings. The zero-order valence-corrected chi connectivity index (χ0v) is 11.2. The normalized spacial score (nSPS) is 13.2. The molecule has 3 N–H and O–H groups in total. The van der Waals surface area contributed by atoms with Crippen molar-refractivity contribution in [3.05, 3.63) is 0 Å². The number of amides is 1. The molecule has 1 atom stereocenters. The highest BCUT2D eigenvalue weighted by Crippen LogP contribution is 2.07. The molecule has 100 valence electrons. The predicted octanol–water partition coefficient (Wildman–Crippen LogP) is 1.13. The van der Waals surface area contributed by atoms with Crippen molar-refractivity contribution in [3.63, 3.8) is 0 Å². The van der Waals surface area contributed by atoms with E-state index in [0.29, 0.717) is 13.0 Å². The van der Waals surface area contributed by atoms with Crippen molar-refractivity contribution >= 4 is 11.9 Å². The Morgan fingerprint density at radius 3 is 2.29 bits per heavy atom. The minimum Gasteiger partial charge on any atom is -0.481 e. The van der Waals surface area contributed by atoms with Gasteiger partial charge in [0.1, 0.15) is 0 Å². The summed E-state index contributed by atoms with van der Waals surface area (Å²) in [4.78, 5) is 22.6. The van der Waals surface area contributed by atoms with Gasteiger partial charge in [0.25, 0.3) is 0 Å². The van der Waals surface area contributed by atoms with E-state index in [1.54, 1.807) is 13.8 Å². The van der Waals surface area contributed by atoms with E-state index < -0.39 is 11.5 Å². The molecule has 1 amide bonds. The highest BCUT2D eigenvalue weighted by Gasteiger charge is 2.28. The maximum atomic E-state index is 12.0. The second kappa shape index (κ2) is 7.27. The van der Waals surface area contributed by atoms with Crippen LogP contribution in [0.15, 0.2) is 0 Å². The molecule has 0 aliphatic rings. The maximum Gasteiger partial charge on any atom is 0.305 e. The van der Waals surface area contributed by atoms with Gasteiger partial charge in [-0.3, -0.25) is 9.59 Å². The molecule has 1 unspecified atom stereocenters. The number of carboxylic acids is 1. The van der Waals surface area contributed by atoms with Crippen LogP contribution < -0.4 is 10.6 Å². The van der Waals surface area contributed by atoms with E-state index in [9.17, 15) is 9.59 Å². The van der Waals surface area contributed by atoms with Crippen molar-refractivity contribution in [2.45, 2.75) is 58.5 Å². The molecule has 0 aromatic carbocycles. The molecule has 0 bridgehead atoms. The first-order valence-corrected chi connectivity index (χ1v) is 6.11. The first-order chi connectivity index (χ1) is 7.83. The second-order valence-corrected chi connectivity index (χ2v) is 4.71. The van der Waals surface area contributed by atoms with Crippen LogP contribution in [0.3, 0.4) is 0 Å². The third-order valence-electron chi connectivity index (χ3n) is 2.58. The van der Waals surface area contributed by atoms with Gasteiger partial charge >= 0.3 is 5.97 Å². The summed E-state index contributed by atoms with van der Waals surface area (Å²) in [6.45, 7) is 8.16. The fourth-order valence-corrected chi connectivity index (χ4v) is 1.67. The number of hydrogen-bond donors (Lipinski definition) is 3. The predicted molar refractivity (Wildman–Crippen MR) is 66.8 cm³/mol. The number of carbonyl (C=O) groups is 2. The van der Waals surface area contributed by atoms with Gasteiger partial charge in [-0.25, -0.2) is 0 Å². The number of rotatable bonds is 8. The molecule has 5 nitrogen and oxygen atoms in total. The molecule has 0 heterocycles. The lowest BCUT2D eigenvalue weighted by molar-refractivity contribution is -0.138. The lowest BCUT2D eigenvalue weighted by Gasteiger charge is -2.27. The van der Waals surface area contributed by atoms with Crippen LogP contribution in [0, 0.1) is 0 Å². The minimum absolute atomic E-state index is 0.0260. The number of carbonyl (C=O) groups excluding carboxylic acids is 1. The molecule has 0 fully saturated rings. The van der Waals surface area contributed by atoms with Crippen LogP contribution in [0.25, 0.3) is 0 Å². The summed E-state index contributed by atoms with van der Waals surface area (Å²) in [6, 6.07) is -0.289. The molecule has 0 saturated carbocycles. The van der Waals surface area contributed by atoms with Crippen LogP contribution in [0.4, 0.5) is 0 Å². The number of carboxylic acid groups (broad SMARTS) is 1. The Balaban J connectivity index is 4.43. The van der Waals surface area contributed by atoms with Gasteiger partial charge in [-0.05, 0) is 26.8 Å². The molecular formula is C12H24N2O3. The van der Waals surface area contributed by atoms with E-state index in [0.717, 1.165) is 6.42 Å². The van der Waals surface area contributed by atoms with E-state index in [2.05, 4.69) is 10.6 Å². The number of nitrogens with one attached hydrogen (secondary N) is 2. The average molecular weight is 244 g/mol. The SMILES string of the molecule is CCCC(CC(=O)O)NC(=O)C(C)(C)NCC. The molecule has 0 rings (SSSR count). The Morgan fingerprint density at radius 2 is 1.88 bits per heavy atom. The van der Waals surface area contributed by atoms with E-state index in [1.165, 1.54) is 0 Å². The summed E-state index contributed by atoms with van der Waals surface area (Å²) < 4.78 is 0. The van der Waals surface area contributed by atoms with Crippen LogP contribution in [0.1, 0.15) is 47.0 Å². The van der Waals surface area contributed by atoms with E-state index in [4.69, 9.17) is 5.11 Å². The van der Waals surface area contributed by atoms with Crippen LogP contribution in [0.5, 0.6) is 0 Å². The summed E-state index contributed by atoms with van der Waals surface area (Å²) in [5.41, 5.74) is -0.667. The van der Waals surface area contributed by atoms with E-state index in [1.807, 2.05) is 13.8 Å². The molecular weight excluding hydrogens is 220 g/mol. The van der Waals surface area contributed by atoms with E-state index >= 15 is 0 Å². The average Bonchev–Trinajstić information content (AvgIpc) is 2.16. The Kier molecular flexibility index (Phi) is 6.80. The molecule has 17 heavy (non-hydrogen) atoms. The minimum atomic E-state index is -0.884. The van der Waals surface area contributed by atoms with Gasteiger partial charge in [-0.2, -0.15) is 0 Å². The zero-order valence-electron chi connectivity index (χ0n) is 11.2. The Morgan fingerprint density at radius 1 is 1.29 bits per heavy atom. The van der Waals surface area contributed by atoms with Gasteiger partial charge in [0.2, 0.25) is 5.91 Å². The molecule has 0 aliphatic carbocycles. The van der Waals surface area contributed by atoms with Crippen molar-refractivity contribution in [1.82, 2.24) is 10.6 Å². The summed E-state index contributed by atoms with van der Waals surface area (Å²) in [5, 5.41) is 14.6. The molecule has 0 aliphatic heterocycles. The fraction of sp³-hybridized carbons (Fsp3) is 0.833. The number of hydrogen-bond acceptors (Lipinski definition) is 3. The van der Waals surface area contributed by atoms with Crippen LogP contribution in [0.2, 0.25) is 0 Å². The molecule has 0 saturated heterocycles. The molecule has 0 aromatic heterocycles. The Labute approximate surface area is 103 Å². The lowest BCUT2D eigenvalue weighted by atomic mass is 10.0. The van der Waals surface area contributed by atoms with Crippen LogP contribution in [-0.4, -0.2) is 35.1 Å². The van der Waals surface area contributed by atoms with Crippen molar-refractivity contribution in [3.8, 4) is 0 Å². The Bertz CT molecular complexity index is 264. The zero-order chi connectivity index (χ0) is 13.5. The van der Waals surface area contributed by atoms with Crippen molar-refractivity contribution in [2.24, 2.45) is 0 Å². The molecule has 0 spiro atoms. The van der Waals surface area contributed by atoms with Gasteiger partial charge in [0.15, 0.2) is 0 Å². The van der Waals surface area contributed by atoms with Gasteiger partial charge in [-0.1, -0.05) is 20.3 Å². The fourth-order valence-electron chi connectivity index (χ4n) is 1.67. The van der Waals surface area contributed by atoms with Crippen LogP contribution in [-0.2, 0) is 9.59 Å². The van der Waals surface area contributed by atoms with Gasteiger partial charge < -0.3 is 15.7 Å². The monoisotopic (exact) mass is 244 g/mol. The standard InChI is InChI=1S/C12H24N2O3/c1-5-7-9(8-10(15)16)14-11(17)12(3,4)13-6-2/h9,13H,5-8H2,1-4H3,(H,14,17)(H,15,16). The first-order valence-electron chi connectivity index (χ1n) is 6.11. The van der Waals surface area contributed by atoms with Gasteiger partial charge in [-0.15, -0.1) is 0 Å². The second-order valence-electron chi connectivity index (χ2n) is 4.71. The maximum absolute atomic E-state index is 12.0. The third kappa shape index (κ3) is 6.26. The number of aliphatic carboxylic acids is 1. The van der Waals surface area contributed by atoms with Crippen LogP contribution >= 0.6 is 0 Å². The van der Waals surface area contributed by atoms with Gasteiger partial charge in [0.05, 0.1) is 12.0 Å². The summed E-state index contributed by atoms with van der Waals surface area (Å²) in [7, 11) is 0. The smallest absolute Gasteiger partial charge is 0.305 e. The quantitative estimate of drug-likeness (QED) is 0.598.